The smallest absolute Gasteiger partial charge is 0.315 e. The molecule has 2 N–H and O–H groups in total. The zero-order valence-electron chi connectivity index (χ0n) is 19.0. The zero-order chi connectivity index (χ0) is 22.2. The average Bonchev–Trinajstić information content (AvgIpc) is 3.08. The highest BCUT2D eigenvalue weighted by Crippen LogP contribution is 2.51. The van der Waals surface area contributed by atoms with E-state index in [4.69, 9.17) is 0 Å². The Morgan fingerprint density at radius 3 is 2.74 bits per heavy atom. The number of amides is 2. The van der Waals surface area contributed by atoms with Gasteiger partial charge in [-0.05, 0) is 82.7 Å². The molecular weight excluding hydrogens is 391 g/mol. The number of carbonyl (C=O) groups is 1. The van der Waals surface area contributed by atoms with Crippen LogP contribution in [0.3, 0.4) is 0 Å². The standard InChI is InChI=1S/C25H33FN4O/c1-24(2,3)29-23(31)27-13-12-18-6-5-7-19-14-21-22(17-8-10-20(26)11-9-17)28-16-30(21)15-25(18,19)4/h8-11,14,16,18H,5-7,12-13,15H2,1-4H3,(H2,27,29,31). The van der Waals surface area contributed by atoms with Gasteiger partial charge in [0.1, 0.15) is 5.82 Å². The molecule has 1 aliphatic heterocycles. The van der Waals surface area contributed by atoms with Crippen molar-refractivity contribution in [3.05, 3.63) is 47.7 Å². The number of urea groups is 1. The SMILES string of the molecule is CC(C)(C)NC(=O)NCCC1CCCC2=Cc3c(-c4ccc(F)cc4)ncn3CC21C. The maximum atomic E-state index is 13.3. The van der Waals surface area contributed by atoms with E-state index in [0.717, 1.165) is 36.3 Å². The summed E-state index contributed by atoms with van der Waals surface area (Å²) in [6.45, 7) is 9.87. The second-order valence-corrected chi connectivity index (χ2v) is 10.2. The summed E-state index contributed by atoms with van der Waals surface area (Å²) < 4.78 is 15.6. The first-order valence-corrected chi connectivity index (χ1v) is 11.2. The molecule has 0 radical (unpaired) electrons. The lowest BCUT2D eigenvalue weighted by Gasteiger charge is -2.46. The molecule has 2 unspecified atom stereocenters. The van der Waals surface area contributed by atoms with Gasteiger partial charge in [-0.1, -0.05) is 12.5 Å². The molecule has 6 heteroatoms. The molecule has 2 atom stereocenters. The predicted molar refractivity (Wildman–Crippen MR) is 122 cm³/mol. The van der Waals surface area contributed by atoms with E-state index in [1.807, 2.05) is 27.1 Å². The Kier molecular flexibility index (Phi) is 5.67. The Bertz CT molecular complexity index is 986. The number of halogens is 1. The van der Waals surface area contributed by atoms with Crippen LogP contribution in [0.4, 0.5) is 9.18 Å². The first kappa shape index (κ1) is 21.6. The number of benzene rings is 1. The van der Waals surface area contributed by atoms with Gasteiger partial charge in [-0.3, -0.25) is 0 Å². The number of nitrogens with zero attached hydrogens (tertiary/aromatic N) is 2. The Morgan fingerprint density at radius 2 is 2.03 bits per heavy atom. The maximum absolute atomic E-state index is 13.3. The largest absolute Gasteiger partial charge is 0.338 e. The van der Waals surface area contributed by atoms with Crippen molar-refractivity contribution in [2.75, 3.05) is 6.54 Å². The molecule has 166 valence electrons. The third-order valence-electron chi connectivity index (χ3n) is 6.71. The first-order valence-electron chi connectivity index (χ1n) is 11.2. The number of hydrogen-bond acceptors (Lipinski definition) is 2. The molecule has 1 fully saturated rings. The van der Waals surface area contributed by atoms with Crippen LogP contribution in [0, 0.1) is 17.2 Å². The van der Waals surface area contributed by atoms with Gasteiger partial charge < -0.3 is 15.2 Å². The molecule has 0 spiro atoms. The van der Waals surface area contributed by atoms with Gasteiger partial charge in [0.25, 0.3) is 0 Å². The number of rotatable bonds is 4. The number of hydrogen-bond donors (Lipinski definition) is 2. The van der Waals surface area contributed by atoms with Crippen molar-refractivity contribution in [1.82, 2.24) is 20.2 Å². The summed E-state index contributed by atoms with van der Waals surface area (Å²) in [5, 5.41) is 5.99. The van der Waals surface area contributed by atoms with Gasteiger partial charge in [0.05, 0.1) is 17.7 Å². The maximum Gasteiger partial charge on any atom is 0.315 e. The van der Waals surface area contributed by atoms with Crippen molar-refractivity contribution in [2.45, 2.75) is 65.5 Å². The van der Waals surface area contributed by atoms with Crippen molar-refractivity contribution >= 4 is 12.1 Å². The van der Waals surface area contributed by atoms with Crippen molar-refractivity contribution < 1.29 is 9.18 Å². The van der Waals surface area contributed by atoms with Gasteiger partial charge in [-0.2, -0.15) is 0 Å². The van der Waals surface area contributed by atoms with Gasteiger partial charge in [-0.25, -0.2) is 14.2 Å². The molecular formula is C25H33FN4O. The van der Waals surface area contributed by atoms with Crippen LogP contribution in [0.15, 0.2) is 36.2 Å². The summed E-state index contributed by atoms with van der Waals surface area (Å²) >= 11 is 0. The van der Waals surface area contributed by atoms with Crippen LogP contribution in [0.2, 0.25) is 0 Å². The van der Waals surface area contributed by atoms with Crippen LogP contribution in [0.1, 0.15) is 59.1 Å². The highest BCUT2D eigenvalue weighted by atomic mass is 19.1. The summed E-state index contributed by atoms with van der Waals surface area (Å²) in [6.07, 6.45) is 8.61. The summed E-state index contributed by atoms with van der Waals surface area (Å²) in [5.41, 5.74) is 4.27. The van der Waals surface area contributed by atoms with Gasteiger partial charge in [-0.15, -0.1) is 0 Å². The topological polar surface area (TPSA) is 59.0 Å². The molecule has 1 aromatic carbocycles. The van der Waals surface area contributed by atoms with Crippen molar-refractivity contribution in [2.24, 2.45) is 11.3 Å². The van der Waals surface area contributed by atoms with Gasteiger partial charge in [0.2, 0.25) is 0 Å². The predicted octanol–water partition coefficient (Wildman–Crippen LogP) is 5.38. The third kappa shape index (κ3) is 4.53. The zero-order valence-corrected chi connectivity index (χ0v) is 19.0. The monoisotopic (exact) mass is 424 g/mol. The van der Waals surface area contributed by atoms with E-state index in [1.54, 1.807) is 12.1 Å². The molecule has 0 saturated heterocycles. The summed E-state index contributed by atoms with van der Waals surface area (Å²) in [7, 11) is 0. The first-order chi connectivity index (χ1) is 14.7. The molecule has 4 rings (SSSR count). The molecule has 1 saturated carbocycles. The fraction of sp³-hybridized carbons (Fsp3) is 0.520. The van der Waals surface area contributed by atoms with E-state index in [9.17, 15) is 9.18 Å². The molecule has 0 bridgehead atoms. The Balaban J connectivity index is 1.49. The average molecular weight is 425 g/mol. The van der Waals surface area contributed by atoms with E-state index in [0.29, 0.717) is 12.5 Å². The van der Waals surface area contributed by atoms with E-state index in [1.165, 1.54) is 30.5 Å². The van der Waals surface area contributed by atoms with E-state index < -0.39 is 0 Å². The van der Waals surface area contributed by atoms with Crippen LogP contribution in [-0.2, 0) is 6.54 Å². The summed E-state index contributed by atoms with van der Waals surface area (Å²) in [5.74, 6) is 0.273. The van der Waals surface area contributed by atoms with Crippen LogP contribution >= 0.6 is 0 Å². The molecule has 2 aliphatic rings. The second kappa shape index (κ2) is 8.13. The summed E-state index contributed by atoms with van der Waals surface area (Å²) in [6, 6.07) is 6.46. The highest BCUT2D eigenvalue weighted by Gasteiger charge is 2.42. The molecule has 31 heavy (non-hydrogen) atoms. The quantitative estimate of drug-likeness (QED) is 0.692. The lowest BCUT2D eigenvalue weighted by molar-refractivity contribution is 0.143. The number of fused-ring (bicyclic) bond motifs is 2. The van der Waals surface area contributed by atoms with Crippen LogP contribution < -0.4 is 10.6 Å². The molecule has 2 amide bonds. The number of imidazole rings is 1. The molecule has 1 aliphatic carbocycles. The minimum atomic E-state index is -0.236. The van der Waals surface area contributed by atoms with Crippen LogP contribution in [0.5, 0.6) is 0 Å². The number of allylic oxidation sites excluding steroid dienone is 1. The second-order valence-electron chi connectivity index (χ2n) is 10.2. The van der Waals surface area contributed by atoms with Crippen LogP contribution in [-0.4, -0.2) is 27.7 Å². The Labute approximate surface area is 184 Å². The number of carbonyl (C=O) groups excluding carboxylic acids is 1. The molecule has 5 nitrogen and oxygen atoms in total. The minimum Gasteiger partial charge on any atom is -0.338 e. The van der Waals surface area contributed by atoms with E-state index in [-0.39, 0.29) is 22.8 Å². The molecule has 2 heterocycles. The lowest BCUT2D eigenvalue weighted by atomic mass is 9.62. The van der Waals surface area contributed by atoms with Gasteiger partial charge in [0.15, 0.2) is 0 Å². The Hall–Kier alpha value is -2.63. The number of nitrogens with one attached hydrogen (secondary N) is 2. The van der Waals surface area contributed by atoms with Crippen molar-refractivity contribution in [3.8, 4) is 11.3 Å². The van der Waals surface area contributed by atoms with E-state index in [2.05, 4.69) is 33.2 Å². The van der Waals surface area contributed by atoms with E-state index >= 15 is 0 Å². The van der Waals surface area contributed by atoms with Crippen molar-refractivity contribution in [3.63, 3.8) is 0 Å². The van der Waals surface area contributed by atoms with Gasteiger partial charge in [0, 0.05) is 29.6 Å². The number of aromatic nitrogens is 2. The fourth-order valence-electron chi connectivity index (χ4n) is 5.10. The Morgan fingerprint density at radius 1 is 1.29 bits per heavy atom. The highest BCUT2D eigenvalue weighted by molar-refractivity contribution is 5.74. The summed E-state index contributed by atoms with van der Waals surface area (Å²) in [4.78, 5) is 16.8. The van der Waals surface area contributed by atoms with Crippen molar-refractivity contribution in [1.29, 1.82) is 0 Å². The van der Waals surface area contributed by atoms with Crippen LogP contribution in [0.25, 0.3) is 17.3 Å². The minimum absolute atomic E-state index is 0.0637. The molecule has 2 aromatic rings. The normalized spacial score (nSPS) is 22.9. The van der Waals surface area contributed by atoms with Gasteiger partial charge >= 0.3 is 6.03 Å². The third-order valence-corrected chi connectivity index (χ3v) is 6.71. The molecule has 1 aromatic heterocycles. The lowest BCUT2D eigenvalue weighted by Crippen LogP contribution is -2.47. The fourth-order valence-corrected chi connectivity index (χ4v) is 5.10.